The topological polar surface area (TPSA) is 37.3 Å². The second-order valence-electron chi connectivity index (χ2n) is 1.48. The SMILES string of the molecule is C#CCC/C=C/C(=O)O. The molecule has 2 heteroatoms. The van der Waals surface area contributed by atoms with E-state index in [1.54, 1.807) is 6.08 Å². The van der Waals surface area contributed by atoms with Crippen LogP contribution >= 0.6 is 0 Å². The van der Waals surface area contributed by atoms with Gasteiger partial charge in [0.2, 0.25) is 0 Å². The van der Waals surface area contributed by atoms with E-state index in [0.717, 1.165) is 6.08 Å². The van der Waals surface area contributed by atoms with Gasteiger partial charge in [-0.1, -0.05) is 6.08 Å². The van der Waals surface area contributed by atoms with E-state index < -0.39 is 5.97 Å². The van der Waals surface area contributed by atoms with Gasteiger partial charge >= 0.3 is 5.97 Å². The van der Waals surface area contributed by atoms with E-state index in [2.05, 4.69) is 5.92 Å². The molecule has 0 aliphatic heterocycles. The quantitative estimate of drug-likeness (QED) is 0.347. The molecule has 0 heterocycles. The lowest BCUT2D eigenvalue weighted by molar-refractivity contribution is -0.131. The maximum atomic E-state index is 9.82. The van der Waals surface area contributed by atoms with Crippen LogP contribution < -0.4 is 0 Å². The van der Waals surface area contributed by atoms with Crippen molar-refractivity contribution in [2.45, 2.75) is 12.8 Å². The van der Waals surface area contributed by atoms with Crippen LogP contribution in [0.5, 0.6) is 0 Å². The maximum absolute atomic E-state index is 9.82. The molecule has 0 rings (SSSR count). The molecule has 2 nitrogen and oxygen atoms in total. The fourth-order valence-corrected chi connectivity index (χ4v) is 0.351. The lowest BCUT2D eigenvalue weighted by Gasteiger charge is -1.79. The van der Waals surface area contributed by atoms with E-state index in [1.165, 1.54) is 0 Å². The molecule has 0 saturated heterocycles. The summed E-state index contributed by atoms with van der Waals surface area (Å²) in [6.45, 7) is 0. The van der Waals surface area contributed by atoms with E-state index in [4.69, 9.17) is 11.5 Å². The molecule has 0 radical (unpaired) electrons. The number of rotatable bonds is 3. The van der Waals surface area contributed by atoms with Crippen LogP contribution in [0.3, 0.4) is 0 Å². The van der Waals surface area contributed by atoms with Crippen LogP contribution in [0.2, 0.25) is 0 Å². The van der Waals surface area contributed by atoms with Crippen LogP contribution in [0.25, 0.3) is 0 Å². The number of hydrogen-bond donors (Lipinski definition) is 1. The first-order chi connectivity index (χ1) is 4.27. The average Bonchev–Trinajstić information content (AvgIpc) is 1.80. The zero-order chi connectivity index (χ0) is 7.11. The predicted octanol–water partition coefficient (Wildman–Crippen LogP) is 1.04. The minimum atomic E-state index is -0.924. The molecule has 0 saturated carbocycles. The van der Waals surface area contributed by atoms with Crippen molar-refractivity contribution >= 4 is 5.97 Å². The second kappa shape index (κ2) is 4.92. The summed E-state index contributed by atoms with van der Waals surface area (Å²) in [7, 11) is 0. The van der Waals surface area contributed by atoms with Crippen molar-refractivity contribution in [2.75, 3.05) is 0 Å². The zero-order valence-corrected chi connectivity index (χ0v) is 5.00. The first-order valence-corrected chi connectivity index (χ1v) is 2.60. The molecular weight excluding hydrogens is 116 g/mol. The number of allylic oxidation sites excluding steroid dienone is 1. The Balaban J connectivity index is 3.28. The van der Waals surface area contributed by atoms with Gasteiger partial charge in [-0.15, -0.1) is 12.3 Å². The molecule has 0 amide bonds. The molecule has 9 heavy (non-hydrogen) atoms. The number of unbranched alkanes of at least 4 members (excludes halogenated alkanes) is 1. The van der Waals surface area contributed by atoms with Gasteiger partial charge in [0.1, 0.15) is 0 Å². The highest BCUT2D eigenvalue weighted by Gasteiger charge is 1.82. The van der Waals surface area contributed by atoms with Gasteiger partial charge in [0.15, 0.2) is 0 Å². The highest BCUT2D eigenvalue weighted by molar-refractivity contribution is 5.79. The summed E-state index contributed by atoms with van der Waals surface area (Å²) in [6.07, 6.45) is 8.80. The van der Waals surface area contributed by atoms with Crippen molar-refractivity contribution in [1.29, 1.82) is 0 Å². The highest BCUT2D eigenvalue weighted by Crippen LogP contribution is 1.87. The zero-order valence-electron chi connectivity index (χ0n) is 5.00. The molecule has 0 aromatic heterocycles. The van der Waals surface area contributed by atoms with Gasteiger partial charge in [-0.25, -0.2) is 4.79 Å². The normalized spacial score (nSPS) is 9.22. The van der Waals surface area contributed by atoms with Gasteiger partial charge < -0.3 is 5.11 Å². The van der Waals surface area contributed by atoms with E-state index in [-0.39, 0.29) is 0 Å². The fourth-order valence-electron chi connectivity index (χ4n) is 0.351. The van der Waals surface area contributed by atoms with Gasteiger partial charge in [0.05, 0.1) is 0 Å². The Hall–Kier alpha value is -1.23. The van der Waals surface area contributed by atoms with Crippen LogP contribution in [0.15, 0.2) is 12.2 Å². The summed E-state index contributed by atoms with van der Waals surface area (Å²) in [6, 6.07) is 0. The lowest BCUT2D eigenvalue weighted by Crippen LogP contribution is -1.84. The van der Waals surface area contributed by atoms with E-state index in [1.807, 2.05) is 0 Å². The Kier molecular flexibility index (Phi) is 4.25. The summed E-state index contributed by atoms with van der Waals surface area (Å²) in [4.78, 5) is 9.82. The van der Waals surface area contributed by atoms with Gasteiger partial charge in [-0.3, -0.25) is 0 Å². The first kappa shape index (κ1) is 7.77. The van der Waals surface area contributed by atoms with Crippen molar-refractivity contribution < 1.29 is 9.90 Å². The summed E-state index contributed by atoms with van der Waals surface area (Å²) in [5, 5.41) is 8.07. The summed E-state index contributed by atoms with van der Waals surface area (Å²) >= 11 is 0. The third-order valence-corrected chi connectivity index (χ3v) is 0.716. The lowest BCUT2D eigenvalue weighted by atomic mass is 10.3. The molecule has 0 unspecified atom stereocenters. The number of carbonyl (C=O) groups is 1. The van der Waals surface area contributed by atoms with Crippen LogP contribution in [0.1, 0.15) is 12.8 Å². The van der Waals surface area contributed by atoms with Crippen LogP contribution in [0.4, 0.5) is 0 Å². The van der Waals surface area contributed by atoms with Crippen LogP contribution in [-0.4, -0.2) is 11.1 Å². The standard InChI is InChI=1S/C7H8O2/c1-2-3-4-5-6-7(8)9/h1,5-6H,3-4H2,(H,8,9)/b6-5+. The monoisotopic (exact) mass is 124 g/mol. The van der Waals surface area contributed by atoms with Crippen molar-refractivity contribution in [3.63, 3.8) is 0 Å². The van der Waals surface area contributed by atoms with Crippen molar-refractivity contribution in [3.8, 4) is 12.3 Å². The molecule has 0 bridgehead atoms. The molecule has 0 aliphatic carbocycles. The molecule has 0 aromatic rings. The Labute approximate surface area is 54.2 Å². The van der Waals surface area contributed by atoms with E-state index in [0.29, 0.717) is 12.8 Å². The van der Waals surface area contributed by atoms with Gasteiger partial charge in [0.25, 0.3) is 0 Å². The largest absolute Gasteiger partial charge is 0.478 e. The van der Waals surface area contributed by atoms with Crippen LogP contribution in [-0.2, 0) is 4.79 Å². The van der Waals surface area contributed by atoms with Gasteiger partial charge in [0, 0.05) is 12.5 Å². The Morgan fingerprint density at radius 3 is 2.89 bits per heavy atom. The predicted molar refractivity (Wildman–Crippen MR) is 34.8 cm³/mol. The molecular formula is C7H8O2. The summed E-state index contributed by atoms with van der Waals surface area (Å²) in [5.41, 5.74) is 0. The molecule has 0 fully saturated rings. The summed E-state index contributed by atoms with van der Waals surface area (Å²) < 4.78 is 0. The minimum absolute atomic E-state index is 0.601. The minimum Gasteiger partial charge on any atom is -0.478 e. The smallest absolute Gasteiger partial charge is 0.327 e. The molecule has 0 aromatic carbocycles. The number of aliphatic carboxylic acids is 1. The van der Waals surface area contributed by atoms with Gasteiger partial charge in [-0.05, 0) is 6.42 Å². The summed E-state index contributed by atoms with van der Waals surface area (Å²) in [5.74, 6) is 1.47. The number of carboxylic acid groups (broad SMARTS) is 1. The third-order valence-electron chi connectivity index (χ3n) is 0.716. The van der Waals surface area contributed by atoms with Crippen LogP contribution in [0, 0.1) is 12.3 Å². The molecule has 0 spiro atoms. The number of carboxylic acids is 1. The van der Waals surface area contributed by atoms with Crippen molar-refractivity contribution in [2.24, 2.45) is 0 Å². The Morgan fingerprint density at radius 2 is 2.44 bits per heavy atom. The van der Waals surface area contributed by atoms with Crippen molar-refractivity contribution in [3.05, 3.63) is 12.2 Å². The molecule has 0 aliphatic rings. The molecule has 0 atom stereocenters. The van der Waals surface area contributed by atoms with Crippen molar-refractivity contribution in [1.82, 2.24) is 0 Å². The number of hydrogen-bond acceptors (Lipinski definition) is 1. The third kappa shape index (κ3) is 6.77. The average molecular weight is 124 g/mol. The number of terminal acetylenes is 1. The van der Waals surface area contributed by atoms with Gasteiger partial charge in [-0.2, -0.15) is 0 Å². The fraction of sp³-hybridized carbons (Fsp3) is 0.286. The highest BCUT2D eigenvalue weighted by atomic mass is 16.4. The van der Waals surface area contributed by atoms with E-state index in [9.17, 15) is 4.79 Å². The first-order valence-electron chi connectivity index (χ1n) is 2.60. The maximum Gasteiger partial charge on any atom is 0.327 e. The molecule has 1 N–H and O–H groups in total. The Bertz CT molecular complexity index is 151. The molecule has 48 valence electrons. The second-order valence-corrected chi connectivity index (χ2v) is 1.48. The van der Waals surface area contributed by atoms with E-state index >= 15 is 0 Å². The Morgan fingerprint density at radius 1 is 1.78 bits per heavy atom.